The van der Waals surface area contributed by atoms with Crippen LogP contribution >= 0.6 is 0 Å². The summed E-state index contributed by atoms with van der Waals surface area (Å²) < 4.78 is 38.9. The first-order valence-electron chi connectivity index (χ1n) is 12.2. The van der Waals surface area contributed by atoms with E-state index in [1.54, 1.807) is 30.3 Å². The maximum absolute atomic E-state index is 13.4. The number of hydrazone groups is 1. The third-order valence-corrected chi connectivity index (χ3v) is 7.53. The van der Waals surface area contributed by atoms with E-state index in [1.807, 2.05) is 66.7 Å². The Balaban J connectivity index is 1.42. The molecule has 200 valence electrons. The van der Waals surface area contributed by atoms with E-state index in [0.29, 0.717) is 23.7 Å². The summed E-state index contributed by atoms with van der Waals surface area (Å²) in [4.78, 5) is 12.8. The minimum absolute atomic E-state index is 0.0210. The fourth-order valence-corrected chi connectivity index (χ4v) is 5.09. The molecule has 4 aromatic rings. The Labute approximate surface area is 228 Å². The van der Waals surface area contributed by atoms with Gasteiger partial charge in [-0.2, -0.15) is 9.41 Å². The molecule has 0 aliphatic heterocycles. The molecule has 0 aliphatic rings. The van der Waals surface area contributed by atoms with Crippen LogP contribution in [0, 0.1) is 0 Å². The molecule has 1 amide bonds. The maximum atomic E-state index is 13.4. The van der Waals surface area contributed by atoms with Crippen LogP contribution in [-0.4, -0.2) is 38.5 Å². The molecule has 39 heavy (non-hydrogen) atoms. The second kappa shape index (κ2) is 13.4. The van der Waals surface area contributed by atoms with E-state index >= 15 is 0 Å². The van der Waals surface area contributed by atoms with E-state index in [1.165, 1.54) is 25.5 Å². The topological polar surface area (TPSA) is 97.3 Å². The summed E-state index contributed by atoms with van der Waals surface area (Å²) in [5, 5.41) is 4.02. The summed E-state index contributed by atoms with van der Waals surface area (Å²) in [5.74, 6) is 0.620. The van der Waals surface area contributed by atoms with Gasteiger partial charge in [-0.1, -0.05) is 72.8 Å². The van der Waals surface area contributed by atoms with E-state index < -0.39 is 22.5 Å². The lowest BCUT2D eigenvalue weighted by Gasteiger charge is -2.21. The van der Waals surface area contributed by atoms with Gasteiger partial charge in [0.25, 0.3) is 5.91 Å². The standard InChI is InChI=1S/C30H29N3O5S/c1-37-27-15-17-29(18-16-27)39(35,36)33(21-24-9-4-2-5-10-24)22-30(34)32-31-20-26-13-8-14-28(19-26)38-23-25-11-6-3-7-12-25/h2-20H,21-23H2,1H3,(H,32,34)/b31-20-. The first-order chi connectivity index (χ1) is 18.9. The highest BCUT2D eigenvalue weighted by molar-refractivity contribution is 7.89. The number of ether oxygens (including phenoxy) is 2. The first kappa shape index (κ1) is 27.6. The average molecular weight is 544 g/mol. The van der Waals surface area contributed by atoms with Crippen molar-refractivity contribution in [1.29, 1.82) is 0 Å². The molecule has 0 spiro atoms. The van der Waals surface area contributed by atoms with E-state index in [2.05, 4.69) is 10.5 Å². The van der Waals surface area contributed by atoms with Gasteiger partial charge in [0.1, 0.15) is 18.1 Å². The molecule has 0 atom stereocenters. The van der Waals surface area contributed by atoms with Gasteiger partial charge in [-0.25, -0.2) is 13.8 Å². The molecule has 0 aromatic heterocycles. The van der Waals surface area contributed by atoms with Gasteiger partial charge in [0.15, 0.2) is 0 Å². The van der Waals surface area contributed by atoms with Crippen molar-refractivity contribution in [3.05, 3.63) is 126 Å². The van der Waals surface area contributed by atoms with E-state index in [0.717, 1.165) is 15.4 Å². The molecule has 1 N–H and O–H groups in total. The molecule has 4 rings (SSSR count). The van der Waals surface area contributed by atoms with Crippen LogP contribution in [0.2, 0.25) is 0 Å². The molecule has 4 aromatic carbocycles. The van der Waals surface area contributed by atoms with Crippen LogP contribution in [0.25, 0.3) is 0 Å². The molecule has 0 saturated carbocycles. The SMILES string of the molecule is COc1ccc(S(=O)(=O)N(CC(=O)N/N=C\c2cccc(OCc3ccccc3)c2)Cc2ccccc2)cc1. The molecule has 8 nitrogen and oxygen atoms in total. The van der Waals surface area contributed by atoms with Crippen molar-refractivity contribution in [3.8, 4) is 11.5 Å². The summed E-state index contributed by atoms with van der Waals surface area (Å²) in [7, 11) is -2.48. The summed E-state index contributed by atoms with van der Waals surface area (Å²) in [5.41, 5.74) is 4.94. The molecular formula is C30H29N3O5S. The lowest BCUT2D eigenvalue weighted by Crippen LogP contribution is -2.39. The number of amides is 1. The first-order valence-corrected chi connectivity index (χ1v) is 13.6. The number of hydrogen-bond donors (Lipinski definition) is 1. The minimum atomic E-state index is -3.98. The normalized spacial score (nSPS) is 11.4. The summed E-state index contributed by atoms with van der Waals surface area (Å²) in [6.07, 6.45) is 1.48. The predicted octanol–water partition coefficient (Wildman–Crippen LogP) is 4.62. The van der Waals surface area contributed by atoms with Crippen LogP contribution in [0.3, 0.4) is 0 Å². The monoisotopic (exact) mass is 543 g/mol. The molecule has 0 radical (unpaired) electrons. The highest BCUT2D eigenvalue weighted by atomic mass is 32.2. The number of nitrogens with zero attached hydrogens (tertiary/aromatic N) is 2. The Hall–Kier alpha value is -4.47. The Morgan fingerprint density at radius 2 is 1.51 bits per heavy atom. The number of rotatable bonds is 12. The second-order valence-electron chi connectivity index (χ2n) is 8.57. The molecule has 0 saturated heterocycles. The van der Waals surface area contributed by atoms with Crippen LogP contribution in [0.4, 0.5) is 0 Å². The van der Waals surface area contributed by atoms with Gasteiger partial charge in [0.05, 0.1) is 24.8 Å². The Morgan fingerprint density at radius 3 is 2.18 bits per heavy atom. The zero-order valence-corrected chi connectivity index (χ0v) is 22.3. The van der Waals surface area contributed by atoms with Crippen molar-refractivity contribution < 1.29 is 22.7 Å². The van der Waals surface area contributed by atoms with Crippen molar-refractivity contribution in [2.75, 3.05) is 13.7 Å². The molecule has 0 bridgehead atoms. The van der Waals surface area contributed by atoms with Crippen molar-refractivity contribution in [2.24, 2.45) is 5.10 Å². The van der Waals surface area contributed by atoms with Gasteiger partial charge < -0.3 is 9.47 Å². The quantitative estimate of drug-likeness (QED) is 0.208. The van der Waals surface area contributed by atoms with Crippen molar-refractivity contribution in [1.82, 2.24) is 9.73 Å². The summed E-state index contributed by atoms with van der Waals surface area (Å²) in [6, 6.07) is 32.2. The maximum Gasteiger partial charge on any atom is 0.255 e. The van der Waals surface area contributed by atoms with Gasteiger partial charge in [-0.05, 0) is 53.1 Å². The molecule has 0 unspecified atom stereocenters. The predicted molar refractivity (Wildman–Crippen MR) is 150 cm³/mol. The highest BCUT2D eigenvalue weighted by Gasteiger charge is 2.27. The van der Waals surface area contributed by atoms with E-state index in [-0.39, 0.29) is 11.4 Å². The Bertz CT molecular complexity index is 1490. The number of sulfonamides is 1. The van der Waals surface area contributed by atoms with Crippen LogP contribution in [-0.2, 0) is 28.0 Å². The fourth-order valence-electron chi connectivity index (χ4n) is 3.71. The lowest BCUT2D eigenvalue weighted by molar-refractivity contribution is -0.121. The smallest absolute Gasteiger partial charge is 0.255 e. The minimum Gasteiger partial charge on any atom is -0.497 e. The molecule has 0 fully saturated rings. The number of carbonyl (C=O) groups is 1. The van der Waals surface area contributed by atoms with Crippen LogP contribution in [0.5, 0.6) is 11.5 Å². The third-order valence-electron chi connectivity index (χ3n) is 5.73. The van der Waals surface area contributed by atoms with Crippen molar-refractivity contribution >= 4 is 22.1 Å². The van der Waals surface area contributed by atoms with Crippen LogP contribution < -0.4 is 14.9 Å². The van der Waals surface area contributed by atoms with Gasteiger partial charge in [-0.3, -0.25) is 4.79 Å². The molecular weight excluding hydrogens is 514 g/mol. The van der Waals surface area contributed by atoms with Crippen molar-refractivity contribution in [2.45, 2.75) is 18.0 Å². The number of benzene rings is 4. The third kappa shape index (κ3) is 8.00. The van der Waals surface area contributed by atoms with Gasteiger partial charge in [0.2, 0.25) is 10.0 Å². The van der Waals surface area contributed by atoms with E-state index in [9.17, 15) is 13.2 Å². The number of methoxy groups -OCH3 is 1. The van der Waals surface area contributed by atoms with E-state index in [4.69, 9.17) is 9.47 Å². The van der Waals surface area contributed by atoms with Crippen molar-refractivity contribution in [3.63, 3.8) is 0 Å². The summed E-state index contributed by atoms with van der Waals surface area (Å²) >= 11 is 0. The average Bonchev–Trinajstić information content (AvgIpc) is 2.97. The lowest BCUT2D eigenvalue weighted by atomic mass is 10.2. The molecule has 9 heteroatoms. The zero-order chi connectivity index (χ0) is 27.5. The second-order valence-corrected chi connectivity index (χ2v) is 10.5. The highest BCUT2D eigenvalue weighted by Crippen LogP contribution is 2.21. The fraction of sp³-hybridized carbons (Fsp3) is 0.133. The largest absolute Gasteiger partial charge is 0.497 e. The number of hydrogen-bond acceptors (Lipinski definition) is 6. The van der Waals surface area contributed by atoms with Crippen LogP contribution in [0.1, 0.15) is 16.7 Å². The number of carbonyl (C=O) groups excluding carboxylic acids is 1. The molecule has 0 aliphatic carbocycles. The van der Waals surface area contributed by atoms with Crippen LogP contribution in [0.15, 0.2) is 119 Å². The van der Waals surface area contributed by atoms with Gasteiger partial charge >= 0.3 is 0 Å². The van der Waals surface area contributed by atoms with Gasteiger partial charge in [0, 0.05) is 6.54 Å². The number of nitrogens with one attached hydrogen (secondary N) is 1. The molecule has 0 heterocycles. The van der Waals surface area contributed by atoms with Gasteiger partial charge in [-0.15, -0.1) is 0 Å². The Kier molecular flexibility index (Phi) is 9.44. The summed E-state index contributed by atoms with van der Waals surface area (Å²) in [6.45, 7) is 0.0338. The zero-order valence-electron chi connectivity index (χ0n) is 21.4. The Morgan fingerprint density at radius 1 is 0.846 bits per heavy atom.